The van der Waals surface area contributed by atoms with E-state index in [-0.39, 0.29) is 11.0 Å². The average molecular weight is 383 g/mol. The minimum absolute atomic E-state index is 0.142. The fourth-order valence-electron chi connectivity index (χ4n) is 2.83. The zero-order valence-electron chi connectivity index (χ0n) is 13.5. The molecule has 1 aromatic carbocycles. The third-order valence-electron chi connectivity index (χ3n) is 3.89. The molecule has 0 bridgehead atoms. The van der Waals surface area contributed by atoms with E-state index in [2.05, 4.69) is 10.0 Å². The molecular formula is C16H18N2O3S3. The predicted octanol–water partition coefficient (Wildman–Crippen LogP) is 3.82. The van der Waals surface area contributed by atoms with Crippen molar-refractivity contribution in [3.05, 3.63) is 39.6 Å². The number of sulfonamides is 1. The van der Waals surface area contributed by atoms with Gasteiger partial charge in [0, 0.05) is 17.4 Å². The minimum Gasteiger partial charge on any atom is -0.467 e. The number of thiocarbonyl (C=S) groups is 1. The number of hydrogen-bond acceptors (Lipinski definition) is 5. The van der Waals surface area contributed by atoms with Gasteiger partial charge in [-0.15, -0.1) is 0 Å². The van der Waals surface area contributed by atoms with Crippen LogP contribution in [-0.4, -0.2) is 19.7 Å². The van der Waals surface area contributed by atoms with Crippen LogP contribution in [0.3, 0.4) is 0 Å². The number of rotatable bonds is 3. The zero-order valence-corrected chi connectivity index (χ0v) is 16.0. The highest BCUT2D eigenvalue weighted by Crippen LogP contribution is 2.36. The van der Waals surface area contributed by atoms with Crippen LogP contribution in [0.4, 0.5) is 11.4 Å². The van der Waals surface area contributed by atoms with Crippen molar-refractivity contribution in [3.8, 4) is 0 Å². The molecule has 24 heavy (non-hydrogen) atoms. The molecular weight excluding hydrogens is 364 g/mol. The lowest BCUT2D eigenvalue weighted by Gasteiger charge is -2.19. The summed E-state index contributed by atoms with van der Waals surface area (Å²) in [5.74, 6) is 0. The van der Waals surface area contributed by atoms with E-state index in [4.69, 9.17) is 17.0 Å². The summed E-state index contributed by atoms with van der Waals surface area (Å²) in [6.07, 6.45) is 0.420. The molecule has 0 saturated carbocycles. The molecule has 1 unspecified atom stereocenters. The quantitative estimate of drug-likeness (QED) is 0.790. The first kappa shape index (κ1) is 17.2. The summed E-state index contributed by atoms with van der Waals surface area (Å²) in [5.41, 5.74) is 4.15. The summed E-state index contributed by atoms with van der Waals surface area (Å²) in [4.78, 5) is 0.266. The summed E-state index contributed by atoms with van der Waals surface area (Å²) in [7, 11) is -3.62. The molecule has 8 heteroatoms. The molecule has 2 aromatic rings. The Balaban J connectivity index is 2.12. The van der Waals surface area contributed by atoms with Gasteiger partial charge in [-0.2, -0.15) is 11.3 Å². The Kier molecular flexibility index (Phi) is 4.54. The summed E-state index contributed by atoms with van der Waals surface area (Å²) < 4.78 is 33.6. The lowest BCUT2D eigenvalue weighted by atomic mass is 9.97. The van der Waals surface area contributed by atoms with Crippen molar-refractivity contribution in [3.63, 3.8) is 0 Å². The third-order valence-corrected chi connectivity index (χ3v) is 6.27. The van der Waals surface area contributed by atoms with Gasteiger partial charge in [-0.25, -0.2) is 8.42 Å². The van der Waals surface area contributed by atoms with Crippen molar-refractivity contribution in [2.24, 2.45) is 0 Å². The SMILES string of the molecule is Cc1cc(C)c(NS(=O)(=O)c2ccsc2)c2c1NC(=S)OC(C)C2. The van der Waals surface area contributed by atoms with Crippen LogP contribution in [0, 0.1) is 13.8 Å². The van der Waals surface area contributed by atoms with Gasteiger partial charge in [-0.05, 0) is 55.6 Å². The molecule has 0 spiro atoms. The van der Waals surface area contributed by atoms with Crippen LogP contribution in [0.25, 0.3) is 0 Å². The fourth-order valence-corrected chi connectivity index (χ4v) is 5.29. The molecule has 0 aliphatic carbocycles. The largest absolute Gasteiger partial charge is 0.467 e. The molecule has 1 aliphatic rings. The minimum atomic E-state index is -3.62. The average Bonchev–Trinajstić information content (AvgIpc) is 2.97. The van der Waals surface area contributed by atoms with Gasteiger partial charge in [0.2, 0.25) is 0 Å². The number of hydrogen-bond donors (Lipinski definition) is 2. The highest BCUT2D eigenvalue weighted by Gasteiger charge is 2.25. The molecule has 1 atom stereocenters. The number of ether oxygens (including phenoxy) is 1. The Morgan fingerprint density at radius 1 is 1.38 bits per heavy atom. The molecule has 1 aliphatic heterocycles. The molecule has 0 fully saturated rings. The van der Waals surface area contributed by atoms with Gasteiger partial charge in [0.25, 0.3) is 15.2 Å². The van der Waals surface area contributed by atoms with Crippen LogP contribution in [0.15, 0.2) is 27.8 Å². The maximum absolute atomic E-state index is 12.6. The van der Waals surface area contributed by atoms with Gasteiger partial charge in [-0.1, -0.05) is 6.07 Å². The van der Waals surface area contributed by atoms with E-state index in [9.17, 15) is 8.42 Å². The molecule has 0 radical (unpaired) electrons. The predicted molar refractivity (Wildman–Crippen MR) is 102 cm³/mol. The Morgan fingerprint density at radius 3 is 2.79 bits per heavy atom. The van der Waals surface area contributed by atoms with E-state index in [1.165, 1.54) is 11.3 Å². The number of fused-ring (bicyclic) bond motifs is 1. The summed E-state index contributed by atoms with van der Waals surface area (Å²) in [6.45, 7) is 5.78. The normalized spacial score (nSPS) is 17.5. The lowest BCUT2D eigenvalue weighted by Crippen LogP contribution is -2.17. The van der Waals surface area contributed by atoms with E-state index in [1.54, 1.807) is 16.8 Å². The second-order valence-corrected chi connectivity index (χ2v) is 8.68. The number of aryl methyl sites for hydroxylation is 2. The molecule has 1 aromatic heterocycles. The highest BCUT2D eigenvalue weighted by atomic mass is 32.2. The number of anilines is 2. The highest BCUT2D eigenvalue weighted by molar-refractivity contribution is 7.92. The van der Waals surface area contributed by atoms with E-state index in [1.807, 2.05) is 26.8 Å². The Bertz CT molecular complexity index is 890. The molecule has 5 nitrogen and oxygen atoms in total. The molecule has 2 N–H and O–H groups in total. The standard InChI is InChI=1S/C16H18N2O3S3/c1-9-6-10(2)15(18-24(19,20)12-4-5-23-8-12)13-7-11(3)21-16(22)17-14(9)13/h4-6,8,11,18H,7H2,1-3H3,(H,17,22). The van der Waals surface area contributed by atoms with Crippen molar-refractivity contribution in [1.29, 1.82) is 0 Å². The summed E-state index contributed by atoms with van der Waals surface area (Å²) in [6, 6.07) is 3.53. The molecule has 0 amide bonds. The topological polar surface area (TPSA) is 67.4 Å². The van der Waals surface area contributed by atoms with Crippen molar-refractivity contribution >= 4 is 50.1 Å². The van der Waals surface area contributed by atoms with Gasteiger partial charge in [0.1, 0.15) is 6.10 Å². The maximum Gasteiger partial charge on any atom is 0.262 e. The van der Waals surface area contributed by atoms with Gasteiger partial charge < -0.3 is 10.1 Å². The second-order valence-electron chi connectivity index (χ2n) is 5.85. The van der Waals surface area contributed by atoms with E-state index < -0.39 is 10.0 Å². The van der Waals surface area contributed by atoms with E-state index in [0.717, 1.165) is 22.4 Å². The molecule has 0 saturated heterocycles. The van der Waals surface area contributed by atoms with Crippen molar-refractivity contribution in [2.75, 3.05) is 10.0 Å². The van der Waals surface area contributed by atoms with Crippen molar-refractivity contribution in [2.45, 2.75) is 38.2 Å². The zero-order chi connectivity index (χ0) is 17.5. The van der Waals surface area contributed by atoms with Gasteiger partial charge >= 0.3 is 0 Å². The first-order chi connectivity index (χ1) is 11.3. The second kappa shape index (κ2) is 6.34. The van der Waals surface area contributed by atoms with Gasteiger partial charge in [0.05, 0.1) is 16.3 Å². The Hall–Kier alpha value is -1.64. The Morgan fingerprint density at radius 2 is 2.12 bits per heavy atom. The maximum atomic E-state index is 12.6. The van der Waals surface area contributed by atoms with Crippen LogP contribution in [-0.2, 0) is 21.2 Å². The smallest absolute Gasteiger partial charge is 0.262 e. The first-order valence-corrected chi connectivity index (χ1v) is 10.3. The monoisotopic (exact) mass is 382 g/mol. The number of benzene rings is 1. The summed E-state index contributed by atoms with van der Waals surface area (Å²) in [5, 5.41) is 6.75. The fraction of sp³-hybridized carbons (Fsp3) is 0.312. The third kappa shape index (κ3) is 3.26. The van der Waals surface area contributed by atoms with Crippen LogP contribution >= 0.6 is 23.6 Å². The van der Waals surface area contributed by atoms with Crippen molar-refractivity contribution in [1.82, 2.24) is 0 Å². The first-order valence-electron chi connectivity index (χ1n) is 7.43. The Labute approximate surface area is 151 Å². The van der Waals surface area contributed by atoms with E-state index >= 15 is 0 Å². The van der Waals surface area contributed by atoms with Crippen LogP contribution in [0.1, 0.15) is 23.6 Å². The number of thiophene rings is 1. The van der Waals surface area contributed by atoms with Gasteiger partial charge in [-0.3, -0.25) is 4.72 Å². The van der Waals surface area contributed by atoms with E-state index in [0.29, 0.717) is 17.3 Å². The van der Waals surface area contributed by atoms with Gasteiger partial charge in [0.15, 0.2) is 0 Å². The molecule has 128 valence electrons. The molecule has 3 rings (SSSR count). The van der Waals surface area contributed by atoms with Crippen LogP contribution in [0.5, 0.6) is 0 Å². The lowest BCUT2D eigenvalue weighted by molar-refractivity contribution is 0.217. The van der Waals surface area contributed by atoms with Crippen LogP contribution < -0.4 is 10.0 Å². The number of nitrogens with one attached hydrogen (secondary N) is 2. The summed E-state index contributed by atoms with van der Waals surface area (Å²) >= 11 is 6.53. The molecule has 2 heterocycles. The van der Waals surface area contributed by atoms with Crippen LogP contribution in [0.2, 0.25) is 0 Å². The van der Waals surface area contributed by atoms with Crippen molar-refractivity contribution < 1.29 is 13.2 Å².